The quantitative estimate of drug-likeness (QED) is 0.940. The lowest BCUT2D eigenvalue weighted by atomic mass is 9.96. The van der Waals surface area contributed by atoms with Crippen molar-refractivity contribution in [1.29, 1.82) is 0 Å². The number of nitrogens with one attached hydrogen (secondary N) is 1. The van der Waals surface area contributed by atoms with Crippen LogP contribution >= 0.6 is 0 Å². The van der Waals surface area contributed by atoms with Crippen LogP contribution in [0.25, 0.3) is 0 Å². The Balaban J connectivity index is 1.66. The number of likely N-dealkylation sites (tertiary alicyclic amines) is 1. The van der Waals surface area contributed by atoms with Crippen molar-refractivity contribution in [2.24, 2.45) is 5.92 Å². The Kier molecular flexibility index (Phi) is 4.69. The van der Waals surface area contributed by atoms with E-state index in [4.69, 9.17) is 4.42 Å². The van der Waals surface area contributed by atoms with Crippen LogP contribution in [0.3, 0.4) is 0 Å². The van der Waals surface area contributed by atoms with E-state index in [0.717, 1.165) is 24.3 Å². The van der Waals surface area contributed by atoms with E-state index in [1.165, 1.54) is 0 Å². The minimum absolute atomic E-state index is 0.0289. The summed E-state index contributed by atoms with van der Waals surface area (Å²) in [5.41, 5.74) is 1.38. The molecular formula is C19H22N2O3. The van der Waals surface area contributed by atoms with Crippen LogP contribution in [0.15, 0.2) is 40.8 Å². The van der Waals surface area contributed by atoms with Gasteiger partial charge >= 0.3 is 0 Å². The normalized spacial score (nSPS) is 17.6. The summed E-state index contributed by atoms with van der Waals surface area (Å²) in [4.78, 5) is 26.9. The predicted octanol–water partition coefficient (Wildman–Crippen LogP) is 3.39. The zero-order chi connectivity index (χ0) is 17.1. The van der Waals surface area contributed by atoms with Crippen LogP contribution in [0.4, 0.5) is 5.69 Å². The Labute approximate surface area is 141 Å². The molecule has 1 saturated heterocycles. The van der Waals surface area contributed by atoms with Crippen molar-refractivity contribution in [2.75, 3.05) is 18.4 Å². The second-order valence-corrected chi connectivity index (χ2v) is 6.27. The van der Waals surface area contributed by atoms with Crippen molar-refractivity contribution in [3.05, 3.63) is 53.5 Å². The van der Waals surface area contributed by atoms with Gasteiger partial charge in [-0.1, -0.05) is 18.2 Å². The van der Waals surface area contributed by atoms with E-state index in [1.807, 2.05) is 37.3 Å². The summed E-state index contributed by atoms with van der Waals surface area (Å²) in [6.45, 7) is 4.75. The number of hydrogen-bond acceptors (Lipinski definition) is 3. The summed E-state index contributed by atoms with van der Waals surface area (Å²) in [6.07, 6.45) is 1.63. The van der Waals surface area contributed by atoms with Crippen molar-refractivity contribution in [3.63, 3.8) is 0 Å². The van der Waals surface area contributed by atoms with Crippen LogP contribution in [0.2, 0.25) is 0 Å². The number of benzene rings is 1. The molecule has 2 aromatic rings. The van der Waals surface area contributed by atoms with Crippen LogP contribution < -0.4 is 5.32 Å². The SMILES string of the molecule is Cc1cc(C(=O)N2CCCC(C(=O)Nc3ccccc3)C2)c(C)o1. The molecule has 5 nitrogen and oxygen atoms in total. The highest BCUT2D eigenvalue weighted by Gasteiger charge is 2.30. The molecule has 1 aliphatic rings. The first kappa shape index (κ1) is 16.3. The van der Waals surface area contributed by atoms with Gasteiger partial charge in [-0.2, -0.15) is 0 Å². The predicted molar refractivity (Wildman–Crippen MR) is 91.9 cm³/mol. The molecule has 1 aromatic carbocycles. The Bertz CT molecular complexity index is 736. The van der Waals surface area contributed by atoms with Crippen LogP contribution in [-0.4, -0.2) is 29.8 Å². The van der Waals surface area contributed by atoms with Gasteiger partial charge in [-0.15, -0.1) is 0 Å². The minimum atomic E-state index is -0.184. The van der Waals surface area contributed by atoms with Crippen molar-refractivity contribution >= 4 is 17.5 Å². The molecule has 1 N–H and O–H groups in total. The lowest BCUT2D eigenvalue weighted by Gasteiger charge is -2.32. The Hall–Kier alpha value is -2.56. The van der Waals surface area contributed by atoms with Gasteiger partial charge in [-0.05, 0) is 44.9 Å². The topological polar surface area (TPSA) is 62.6 Å². The fourth-order valence-electron chi connectivity index (χ4n) is 3.15. The summed E-state index contributed by atoms with van der Waals surface area (Å²) >= 11 is 0. The second-order valence-electron chi connectivity index (χ2n) is 6.27. The average Bonchev–Trinajstić information content (AvgIpc) is 2.93. The number of para-hydroxylation sites is 1. The van der Waals surface area contributed by atoms with Gasteiger partial charge in [-0.25, -0.2) is 0 Å². The summed E-state index contributed by atoms with van der Waals surface area (Å²) in [7, 11) is 0. The van der Waals surface area contributed by atoms with E-state index in [1.54, 1.807) is 17.9 Å². The Morgan fingerprint density at radius 3 is 2.62 bits per heavy atom. The van der Waals surface area contributed by atoms with Crippen molar-refractivity contribution in [3.8, 4) is 0 Å². The number of carbonyl (C=O) groups is 2. The van der Waals surface area contributed by atoms with E-state index in [9.17, 15) is 9.59 Å². The number of carbonyl (C=O) groups excluding carboxylic acids is 2. The number of amides is 2. The van der Waals surface area contributed by atoms with Gasteiger partial charge in [0.15, 0.2) is 0 Å². The maximum Gasteiger partial charge on any atom is 0.257 e. The number of aryl methyl sites for hydroxylation is 2. The number of rotatable bonds is 3. The summed E-state index contributed by atoms with van der Waals surface area (Å²) in [5.74, 6) is 1.09. The largest absolute Gasteiger partial charge is 0.466 e. The van der Waals surface area contributed by atoms with Crippen LogP contribution in [0.1, 0.15) is 34.7 Å². The van der Waals surface area contributed by atoms with E-state index in [0.29, 0.717) is 24.4 Å². The molecule has 1 fully saturated rings. The zero-order valence-electron chi connectivity index (χ0n) is 14.0. The zero-order valence-corrected chi connectivity index (χ0v) is 14.0. The van der Waals surface area contributed by atoms with Crippen LogP contribution in [0.5, 0.6) is 0 Å². The highest BCUT2D eigenvalue weighted by molar-refractivity contribution is 5.97. The number of nitrogens with zero attached hydrogens (tertiary/aromatic N) is 1. The summed E-state index contributed by atoms with van der Waals surface area (Å²) < 4.78 is 5.45. The lowest BCUT2D eigenvalue weighted by molar-refractivity contribution is -0.121. The Morgan fingerprint density at radius 2 is 1.96 bits per heavy atom. The van der Waals surface area contributed by atoms with E-state index < -0.39 is 0 Å². The van der Waals surface area contributed by atoms with E-state index >= 15 is 0 Å². The first-order chi connectivity index (χ1) is 11.5. The number of furan rings is 1. The maximum absolute atomic E-state index is 12.7. The van der Waals surface area contributed by atoms with Crippen LogP contribution in [0, 0.1) is 19.8 Å². The second kappa shape index (κ2) is 6.91. The lowest BCUT2D eigenvalue weighted by Crippen LogP contribution is -2.43. The molecule has 24 heavy (non-hydrogen) atoms. The molecule has 2 amide bonds. The molecule has 1 unspecified atom stereocenters. The molecule has 3 rings (SSSR count). The molecule has 1 aromatic heterocycles. The summed E-state index contributed by atoms with van der Waals surface area (Å²) in [5, 5.41) is 2.93. The number of anilines is 1. The number of hydrogen-bond donors (Lipinski definition) is 1. The van der Waals surface area contributed by atoms with Gasteiger partial charge < -0.3 is 14.6 Å². The van der Waals surface area contributed by atoms with Gasteiger partial charge in [0.25, 0.3) is 5.91 Å². The van der Waals surface area contributed by atoms with Crippen LogP contribution in [-0.2, 0) is 4.79 Å². The molecule has 0 aliphatic carbocycles. The fourth-order valence-corrected chi connectivity index (χ4v) is 3.15. The highest BCUT2D eigenvalue weighted by Crippen LogP contribution is 2.23. The van der Waals surface area contributed by atoms with Gasteiger partial charge in [0.2, 0.25) is 5.91 Å². The third kappa shape index (κ3) is 3.50. The Morgan fingerprint density at radius 1 is 1.21 bits per heavy atom. The third-order valence-corrected chi connectivity index (χ3v) is 4.39. The first-order valence-corrected chi connectivity index (χ1v) is 8.27. The van der Waals surface area contributed by atoms with Gasteiger partial charge in [0, 0.05) is 18.8 Å². The number of piperidine rings is 1. The van der Waals surface area contributed by atoms with E-state index in [2.05, 4.69) is 5.32 Å². The van der Waals surface area contributed by atoms with Crippen molar-refractivity contribution in [2.45, 2.75) is 26.7 Å². The summed E-state index contributed by atoms with van der Waals surface area (Å²) in [6, 6.07) is 11.2. The smallest absolute Gasteiger partial charge is 0.257 e. The highest BCUT2D eigenvalue weighted by atomic mass is 16.3. The fraction of sp³-hybridized carbons (Fsp3) is 0.368. The molecule has 0 bridgehead atoms. The van der Waals surface area contributed by atoms with Gasteiger partial charge in [0.1, 0.15) is 11.5 Å². The average molecular weight is 326 g/mol. The maximum atomic E-state index is 12.7. The monoisotopic (exact) mass is 326 g/mol. The van der Waals surface area contributed by atoms with Gasteiger partial charge in [-0.3, -0.25) is 9.59 Å². The minimum Gasteiger partial charge on any atom is -0.466 e. The molecule has 2 heterocycles. The first-order valence-electron chi connectivity index (χ1n) is 8.27. The standard InChI is InChI=1S/C19H22N2O3/c1-13-11-17(14(2)24-13)19(23)21-10-6-7-15(12-21)18(22)20-16-8-4-3-5-9-16/h3-5,8-9,11,15H,6-7,10,12H2,1-2H3,(H,20,22). The molecule has 0 spiro atoms. The molecule has 0 radical (unpaired) electrons. The van der Waals surface area contributed by atoms with Crippen molar-refractivity contribution in [1.82, 2.24) is 4.90 Å². The molecule has 0 saturated carbocycles. The molecule has 1 aliphatic heterocycles. The third-order valence-electron chi connectivity index (χ3n) is 4.39. The molecule has 126 valence electrons. The molecular weight excluding hydrogens is 304 g/mol. The van der Waals surface area contributed by atoms with Crippen molar-refractivity contribution < 1.29 is 14.0 Å². The van der Waals surface area contributed by atoms with E-state index in [-0.39, 0.29) is 17.7 Å². The molecule has 1 atom stereocenters. The van der Waals surface area contributed by atoms with Gasteiger partial charge in [0.05, 0.1) is 11.5 Å². The molecule has 5 heteroatoms.